The summed E-state index contributed by atoms with van der Waals surface area (Å²) in [6, 6.07) is 5.88. The van der Waals surface area contributed by atoms with Crippen molar-refractivity contribution in [3.63, 3.8) is 0 Å². The largest absolute Gasteiger partial charge is 0.360 e. The Bertz CT molecular complexity index is 879. The summed E-state index contributed by atoms with van der Waals surface area (Å²) in [5.74, 6) is 0. The minimum atomic E-state index is 0.00509. The standard InChI is InChI=1S/C17H22N4OS/c1-4-21(5-2)9-8-18-17-20-14-15(22)12-10-11(3)6-7-13(12)19-16(14)23-17/h6-7,10H,4-5,8-9H2,1-3H3,(H,18,20)(H,19,22). The Hall–Kier alpha value is -1.92. The highest BCUT2D eigenvalue weighted by atomic mass is 32.1. The summed E-state index contributed by atoms with van der Waals surface area (Å²) in [5.41, 5.74) is 2.48. The van der Waals surface area contributed by atoms with Crippen LogP contribution in [-0.2, 0) is 0 Å². The lowest BCUT2D eigenvalue weighted by molar-refractivity contribution is 0.316. The maximum Gasteiger partial charge on any atom is 0.216 e. The lowest BCUT2D eigenvalue weighted by atomic mass is 10.1. The van der Waals surface area contributed by atoms with Gasteiger partial charge in [-0.2, -0.15) is 0 Å². The number of nitrogens with zero attached hydrogens (tertiary/aromatic N) is 2. The molecule has 0 aliphatic carbocycles. The van der Waals surface area contributed by atoms with Crippen molar-refractivity contribution in [1.29, 1.82) is 0 Å². The summed E-state index contributed by atoms with van der Waals surface area (Å²) in [4.78, 5) is 23.6. The molecule has 3 rings (SSSR count). The third-order valence-corrected chi connectivity index (χ3v) is 5.04. The minimum absolute atomic E-state index is 0.00509. The van der Waals surface area contributed by atoms with Gasteiger partial charge in [-0.15, -0.1) is 0 Å². The number of aryl methyl sites for hydroxylation is 1. The Balaban J connectivity index is 1.88. The number of hydrogen-bond donors (Lipinski definition) is 2. The number of H-pyrrole nitrogens is 1. The van der Waals surface area contributed by atoms with Crippen LogP contribution in [0.2, 0.25) is 0 Å². The summed E-state index contributed by atoms with van der Waals surface area (Å²) >= 11 is 1.50. The van der Waals surface area contributed by atoms with Crippen LogP contribution in [0, 0.1) is 6.92 Å². The van der Waals surface area contributed by atoms with Gasteiger partial charge in [-0.25, -0.2) is 4.98 Å². The van der Waals surface area contributed by atoms with E-state index in [1.54, 1.807) is 0 Å². The zero-order valence-electron chi connectivity index (χ0n) is 13.8. The molecule has 2 heterocycles. The smallest absolute Gasteiger partial charge is 0.216 e. The first kappa shape index (κ1) is 16.0. The Kier molecular flexibility index (Phi) is 4.63. The van der Waals surface area contributed by atoms with E-state index >= 15 is 0 Å². The molecule has 0 saturated carbocycles. The normalized spacial score (nSPS) is 11.7. The van der Waals surface area contributed by atoms with Crippen molar-refractivity contribution in [2.75, 3.05) is 31.5 Å². The number of anilines is 1. The molecule has 122 valence electrons. The number of aromatic nitrogens is 2. The molecule has 0 aliphatic heterocycles. The van der Waals surface area contributed by atoms with Crippen LogP contribution in [0.25, 0.3) is 21.3 Å². The molecule has 0 fully saturated rings. The summed E-state index contributed by atoms with van der Waals surface area (Å²) in [7, 11) is 0. The molecule has 0 aliphatic rings. The number of likely N-dealkylation sites (N-methyl/N-ethyl adjacent to an activating group) is 1. The highest BCUT2D eigenvalue weighted by Crippen LogP contribution is 2.24. The van der Waals surface area contributed by atoms with E-state index in [0.717, 1.165) is 47.2 Å². The number of hydrogen-bond acceptors (Lipinski definition) is 5. The van der Waals surface area contributed by atoms with E-state index in [4.69, 9.17) is 0 Å². The topological polar surface area (TPSA) is 61.0 Å². The Morgan fingerprint density at radius 2 is 2.09 bits per heavy atom. The summed E-state index contributed by atoms with van der Waals surface area (Å²) < 4.78 is 0. The second kappa shape index (κ2) is 6.68. The van der Waals surface area contributed by atoms with Crippen LogP contribution < -0.4 is 10.7 Å². The van der Waals surface area contributed by atoms with Gasteiger partial charge in [-0.05, 0) is 32.1 Å². The maximum absolute atomic E-state index is 12.6. The third kappa shape index (κ3) is 3.23. The molecule has 1 aromatic carbocycles. The predicted molar refractivity (Wildman–Crippen MR) is 98.8 cm³/mol. The van der Waals surface area contributed by atoms with Crippen LogP contribution in [0.3, 0.4) is 0 Å². The molecule has 0 unspecified atom stereocenters. The number of aromatic amines is 1. The van der Waals surface area contributed by atoms with Gasteiger partial charge in [0.05, 0.1) is 5.52 Å². The highest BCUT2D eigenvalue weighted by molar-refractivity contribution is 7.21. The fourth-order valence-corrected chi connectivity index (χ4v) is 3.60. The quantitative estimate of drug-likeness (QED) is 0.728. The van der Waals surface area contributed by atoms with E-state index in [-0.39, 0.29) is 5.43 Å². The van der Waals surface area contributed by atoms with Crippen LogP contribution in [0.15, 0.2) is 23.0 Å². The average Bonchev–Trinajstić information content (AvgIpc) is 2.96. The lowest BCUT2D eigenvalue weighted by Gasteiger charge is -2.17. The molecule has 2 aromatic heterocycles. The van der Waals surface area contributed by atoms with Crippen LogP contribution in [0.1, 0.15) is 19.4 Å². The number of fused-ring (bicyclic) bond motifs is 2. The van der Waals surface area contributed by atoms with Gasteiger partial charge in [0.2, 0.25) is 5.43 Å². The Morgan fingerprint density at radius 1 is 1.30 bits per heavy atom. The van der Waals surface area contributed by atoms with E-state index in [9.17, 15) is 4.79 Å². The SMILES string of the molecule is CCN(CC)CCNc1nc2c(=O)c3cc(C)ccc3[nH]c2s1. The van der Waals surface area contributed by atoms with Gasteiger partial charge in [0, 0.05) is 18.5 Å². The van der Waals surface area contributed by atoms with Gasteiger partial charge < -0.3 is 15.2 Å². The van der Waals surface area contributed by atoms with Gasteiger partial charge in [0.1, 0.15) is 10.3 Å². The molecular weight excluding hydrogens is 308 g/mol. The molecular formula is C17H22N4OS. The number of benzene rings is 1. The van der Waals surface area contributed by atoms with Crippen LogP contribution in [0.4, 0.5) is 5.13 Å². The van der Waals surface area contributed by atoms with Crippen LogP contribution in [-0.4, -0.2) is 41.0 Å². The molecule has 0 radical (unpaired) electrons. The molecule has 23 heavy (non-hydrogen) atoms. The van der Waals surface area contributed by atoms with E-state index in [0.29, 0.717) is 10.9 Å². The van der Waals surface area contributed by atoms with Crippen molar-refractivity contribution in [2.24, 2.45) is 0 Å². The highest BCUT2D eigenvalue weighted by Gasteiger charge is 2.11. The first-order valence-electron chi connectivity index (χ1n) is 8.01. The Morgan fingerprint density at radius 3 is 2.83 bits per heavy atom. The molecule has 0 amide bonds. The maximum atomic E-state index is 12.6. The van der Waals surface area contributed by atoms with Gasteiger partial charge in [0.15, 0.2) is 5.13 Å². The molecule has 5 nitrogen and oxygen atoms in total. The van der Waals surface area contributed by atoms with E-state index in [1.165, 1.54) is 11.3 Å². The van der Waals surface area contributed by atoms with Gasteiger partial charge in [-0.3, -0.25) is 4.79 Å². The van der Waals surface area contributed by atoms with E-state index in [2.05, 4.69) is 34.0 Å². The van der Waals surface area contributed by atoms with Crippen LogP contribution >= 0.6 is 11.3 Å². The minimum Gasteiger partial charge on any atom is -0.360 e. The average molecular weight is 330 g/mol. The summed E-state index contributed by atoms with van der Waals surface area (Å²) in [5, 5.41) is 4.84. The zero-order valence-corrected chi connectivity index (χ0v) is 14.6. The first-order chi connectivity index (χ1) is 11.1. The predicted octanol–water partition coefficient (Wildman–Crippen LogP) is 3.20. The first-order valence-corrected chi connectivity index (χ1v) is 8.83. The number of nitrogens with one attached hydrogen (secondary N) is 2. The van der Waals surface area contributed by atoms with Gasteiger partial charge >= 0.3 is 0 Å². The second-order valence-corrected chi connectivity index (χ2v) is 6.65. The van der Waals surface area contributed by atoms with Crippen LogP contribution in [0.5, 0.6) is 0 Å². The molecule has 2 N–H and O–H groups in total. The molecule has 6 heteroatoms. The van der Waals surface area contributed by atoms with Gasteiger partial charge in [0.25, 0.3) is 0 Å². The third-order valence-electron chi connectivity index (χ3n) is 4.11. The van der Waals surface area contributed by atoms with Crippen molar-refractivity contribution in [1.82, 2.24) is 14.9 Å². The molecule has 0 saturated heterocycles. The van der Waals surface area contributed by atoms with Crippen molar-refractivity contribution in [3.05, 3.63) is 34.0 Å². The summed E-state index contributed by atoms with van der Waals surface area (Å²) in [6.45, 7) is 10.2. The monoisotopic (exact) mass is 330 g/mol. The summed E-state index contributed by atoms with van der Waals surface area (Å²) in [6.07, 6.45) is 0. The van der Waals surface area contributed by atoms with Crippen molar-refractivity contribution >= 4 is 37.7 Å². The fourth-order valence-electron chi connectivity index (χ4n) is 2.70. The van der Waals surface area contributed by atoms with E-state index in [1.807, 2.05) is 25.1 Å². The van der Waals surface area contributed by atoms with Crippen molar-refractivity contribution in [2.45, 2.75) is 20.8 Å². The van der Waals surface area contributed by atoms with Crippen molar-refractivity contribution in [3.8, 4) is 0 Å². The molecule has 0 atom stereocenters. The molecule has 0 spiro atoms. The lowest BCUT2D eigenvalue weighted by Crippen LogP contribution is -2.28. The van der Waals surface area contributed by atoms with Gasteiger partial charge in [-0.1, -0.05) is 36.8 Å². The molecule has 3 aromatic rings. The molecule has 0 bridgehead atoms. The number of pyridine rings is 1. The fraction of sp³-hybridized carbons (Fsp3) is 0.412. The number of rotatable bonds is 6. The van der Waals surface area contributed by atoms with E-state index < -0.39 is 0 Å². The van der Waals surface area contributed by atoms with Crippen molar-refractivity contribution < 1.29 is 0 Å². The number of thiazole rings is 1. The second-order valence-electron chi connectivity index (χ2n) is 5.65. The zero-order chi connectivity index (χ0) is 16.4. The Labute approximate surface area is 139 Å².